The van der Waals surface area contributed by atoms with Crippen LogP contribution in [0.1, 0.15) is 26.2 Å². The number of methoxy groups -OCH3 is 1. The quantitative estimate of drug-likeness (QED) is 0.856. The molecule has 0 saturated carbocycles. The standard InChI is InChI=1S/C15H22N2O2/c1-3-8-15(9-10-16-11-15)14(18)17-12-6-4-5-7-13(12)19-2/h4-7,16H,3,8-11H2,1-2H3,(H,17,18). The van der Waals surface area contributed by atoms with Gasteiger partial charge in [-0.25, -0.2) is 0 Å². The van der Waals surface area contributed by atoms with Crippen LogP contribution in [0.15, 0.2) is 24.3 Å². The summed E-state index contributed by atoms with van der Waals surface area (Å²) in [5.74, 6) is 0.803. The van der Waals surface area contributed by atoms with Crippen molar-refractivity contribution < 1.29 is 9.53 Å². The van der Waals surface area contributed by atoms with Gasteiger partial charge >= 0.3 is 0 Å². The van der Waals surface area contributed by atoms with Gasteiger partial charge in [0.25, 0.3) is 0 Å². The van der Waals surface area contributed by atoms with E-state index in [2.05, 4.69) is 17.6 Å². The summed E-state index contributed by atoms with van der Waals surface area (Å²) >= 11 is 0. The van der Waals surface area contributed by atoms with E-state index in [4.69, 9.17) is 4.74 Å². The minimum Gasteiger partial charge on any atom is -0.495 e. The molecule has 1 saturated heterocycles. The van der Waals surface area contributed by atoms with Crippen LogP contribution in [0.4, 0.5) is 5.69 Å². The number of amides is 1. The first kappa shape index (κ1) is 13.9. The van der Waals surface area contributed by atoms with Gasteiger partial charge in [0.15, 0.2) is 0 Å². The van der Waals surface area contributed by atoms with Crippen molar-refractivity contribution in [2.45, 2.75) is 26.2 Å². The van der Waals surface area contributed by atoms with E-state index < -0.39 is 0 Å². The molecule has 0 bridgehead atoms. The lowest BCUT2D eigenvalue weighted by Gasteiger charge is -2.26. The number of hydrogen-bond donors (Lipinski definition) is 2. The predicted octanol–water partition coefficient (Wildman–Crippen LogP) is 2.41. The van der Waals surface area contributed by atoms with Crippen molar-refractivity contribution in [2.75, 3.05) is 25.5 Å². The number of para-hydroxylation sites is 2. The van der Waals surface area contributed by atoms with Gasteiger partial charge in [0.2, 0.25) is 5.91 Å². The molecule has 1 heterocycles. The zero-order chi connectivity index (χ0) is 13.7. The number of anilines is 1. The van der Waals surface area contributed by atoms with Gasteiger partial charge in [-0.3, -0.25) is 4.79 Å². The third-order valence-electron chi connectivity index (χ3n) is 3.81. The number of carbonyl (C=O) groups excluding carboxylic acids is 1. The van der Waals surface area contributed by atoms with Gasteiger partial charge in [-0.2, -0.15) is 0 Å². The van der Waals surface area contributed by atoms with Gasteiger partial charge in [-0.05, 0) is 31.5 Å². The molecule has 1 aromatic carbocycles. The van der Waals surface area contributed by atoms with Crippen molar-refractivity contribution in [2.24, 2.45) is 5.41 Å². The Balaban J connectivity index is 2.15. The summed E-state index contributed by atoms with van der Waals surface area (Å²) in [4.78, 5) is 12.6. The Hall–Kier alpha value is -1.55. The summed E-state index contributed by atoms with van der Waals surface area (Å²) in [5.41, 5.74) is 0.479. The van der Waals surface area contributed by atoms with Gasteiger partial charge in [0, 0.05) is 6.54 Å². The molecule has 1 aliphatic rings. The molecule has 104 valence electrons. The van der Waals surface area contributed by atoms with Crippen LogP contribution in [0.2, 0.25) is 0 Å². The van der Waals surface area contributed by atoms with E-state index in [1.807, 2.05) is 24.3 Å². The van der Waals surface area contributed by atoms with Crippen molar-refractivity contribution in [3.8, 4) is 5.75 Å². The third-order valence-corrected chi connectivity index (χ3v) is 3.81. The predicted molar refractivity (Wildman–Crippen MR) is 76.5 cm³/mol. The fraction of sp³-hybridized carbons (Fsp3) is 0.533. The molecule has 1 amide bonds. The minimum atomic E-state index is -0.268. The number of ether oxygens (including phenoxy) is 1. The first-order valence-electron chi connectivity index (χ1n) is 6.87. The van der Waals surface area contributed by atoms with Crippen molar-refractivity contribution in [1.82, 2.24) is 5.32 Å². The monoisotopic (exact) mass is 262 g/mol. The first-order valence-corrected chi connectivity index (χ1v) is 6.87. The zero-order valence-corrected chi connectivity index (χ0v) is 11.7. The Labute approximate surface area is 114 Å². The van der Waals surface area contributed by atoms with Crippen LogP contribution < -0.4 is 15.4 Å². The van der Waals surface area contributed by atoms with Crippen LogP contribution in [0, 0.1) is 5.41 Å². The van der Waals surface area contributed by atoms with E-state index in [0.29, 0.717) is 5.75 Å². The Morgan fingerprint density at radius 1 is 1.47 bits per heavy atom. The molecule has 1 atom stereocenters. The second kappa shape index (κ2) is 6.06. The second-order valence-corrected chi connectivity index (χ2v) is 5.11. The fourth-order valence-electron chi connectivity index (χ4n) is 2.75. The first-order chi connectivity index (χ1) is 9.22. The second-order valence-electron chi connectivity index (χ2n) is 5.11. The molecule has 2 N–H and O–H groups in total. The van der Waals surface area contributed by atoms with E-state index in [1.165, 1.54) is 0 Å². The number of rotatable bonds is 5. The minimum absolute atomic E-state index is 0.101. The summed E-state index contributed by atoms with van der Waals surface area (Å²) in [6.45, 7) is 3.80. The Morgan fingerprint density at radius 2 is 2.26 bits per heavy atom. The molecular formula is C15H22N2O2. The molecular weight excluding hydrogens is 240 g/mol. The Morgan fingerprint density at radius 3 is 2.89 bits per heavy atom. The molecule has 0 spiro atoms. The number of nitrogens with one attached hydrogen (secondary N) is 2. The maximum atomic E-state index is 12.6. The molecule has 0 aliphatic carbocycles. The lowest BCUT2D eigenvalue weighted by atomic mass is 9.81. The van der Waals surface area contributed by atoms with E-state index in [0.717, 1.165) is 38.0 Å². The average molecular weight is 262 g/mol. The molecule has 4 heteroatoms. The van der Waals surface area contributed by atoms with Crippen molar-refractivity contribution in [3.63, 3.8) is 0 Å². The van der Waals surface area contributed by atoms with Gasteiger partial charge in [-0.15, -0.1) is 0 Å². The number of carbonyl (C=O) groups is 1. The Bertz CT molecular complexity index is 440. The highest BCUT2D eigenvalue weighted by molar-refractivity contribution is 5.97. The highest BCUT2D eigenvalue weighted by Crippen LogP contribution is 2.34. The maximum Gasteiger partial charge on any atom is 0.232 e. The SMILES string of the molecule is CCCC1(C(=O)Nc2ccccc2OC)CCNC1. The molecule has 0 aromatic heterocycles. The maximum absolute atomic E-state index is 12.6. The van der Waals surface area contributed by atoms with Crippen LogP contribution in [0.3, 0.4) is 0 Å². The van der Waals surface area contributed by atoms with E-state index in [1.54, 1.807) is 7.11 Å². The summed E-state index contributed by atoms with van der Waals surface area (Å²) in [6, 6.07) is 7.53. The fourth-order valence-corrected chi connectivity index (χ4v) is 2.75. The van der Waals surface area contributed by atoms with Crippen LogP contribution in [0.5, 0.6) is 5.75 Å². The normalized spacial score (nSPS) is 22.2. The summed E-state index contributed by atoms with van der Waals surface area (Å²) in [7, 11) is 1.62. The average Bonchev–Trinajstić information content (AvgIpc) is 2.90. The molecule has 19 heavy (non-hydrogen) atoms. The molecule has 4 nitrogen and oxygen atoms in total. The molecule has 1 unspecified atom stereocenters. The zero-order valence-electron chi connectivity index (χ0n) is 11.7. The molecule has 1 aliphatic heterocycles. The third kappa shape index (κ3) is 2.89. The molecule has 1 fully saturated rings. The largest absolute Gasteiger partial charge is 0.495 e. The topological polar surface area (TPSA) is 50.4 Å². The van der Waals surface area contributed by atoms with Crippen LogP contribution in [0.25, 0.3) is 0 Å². The van der Waals surface area contributed by atoms with Crippen molar-refractivity contribution in [1.29, 1.82) is 0 Å². The van der Waals surface area contributed by atoms with Gasteiger partial charge in [0.1, 0.15) is 5.75 Å². The lowest BCUT2D eigenvalue weighted by molar-refractivity contribution is -0.125. The molecule has 1 aromatic rings. The van der Waals surface area contributed by atoms with E-state index >= 15 is 0 Å². The number of benzene rings is 1. The molecule has 0 radical (unpaired) electrons. The van der Waals surface area contributed by atoms with Crippen LogP contribution >= 0.6 is 0 Å². The molecule has 2 rings (SSSR count). The smallest absolute Gasteiger partial charge is 0.232 e. The summed E-state index contributed by atoms with van der Waals surface area (Å²) in [5, 5.41) is 6.33. The van der Waals surface area contributed by atoms with Gasteiger partial charge in [-0.1, -0.05) is 25.5 Å². The van der Waals surface area contributed by atoms with Crippen LogP contribution in [-0.4, -0.2) is 26.1 Å². The summed E-state index contributed by atoms with van der Waals surface area (Å²) in [6.07, 6.45) is 2.84. The van der Waals surface area contributed by atoms with Gasteiger partial charge < -0.3 is 15.4 Å². The van der Waals surface area contributed by atoms with Crippen LogP contribution in [-0.2, 0) is 4.79 Å². The van der Waals surface area contributed by atoms with E-state index in [9.17, 15) is 4.79 Å². The number of hydrogen-bond acceptors (Lipinski definition) is 3. The summed E-state index contributed by atoms with van der Waals surface area (Å²) < 4.78 is 5.27. The highest BCUT2D eigenvalue weighted by atomic mass is 16.5. The van der Waals surface area contributed by atoms with Crippen molar-refractivity contribution in [3.05, 3.63) is 24.3 Å². The van der Waals surface area contributed by atoms with Gasteiger partial charge in [0.05, 0.1) is 18.2 Å². The van der Waals surface area contributed by atoms with E-state index in [-0.39, 0.29) is 11.3 Å². The lowest BCUT2D eigenvalue weighted by Crippen LogP contribution is -2.38. The Kier molecular flexibility index (Phi) is 4.43. The highest BCUT2D eigenvalue weighted by Gasteiger charge is 2.40. The van der Waals surface area contributed by atoms with Crippen molar-refractivity contribution >= 4 is 11.6 Å².